The molecule has 0 radical (unpaired) electrons. The van der Waals surface area contributed by atoms with Crippen LogP contribution in [0, 0.1) is 12.8 Å². The third-order valence-electron chi connectivity index (χ3n) is 3.90. The number of amides is 1. The van der Waals surface area contributed by atoms with E-state index in [1.54, 1.807) is 0 Å². The molecule has 25 heavy (non-hydrogen) atoms. The van der Waals surface area contributed by atoms with Gasteiger partial charge in [0.1, 0.15) is 5.75 Å². The first kappa shape index (κ1) is 18.8. The zero-order valence-corrected chi connectivity index (χ0v) is 15.6. The van der Waals surface area contributed by atoms with Crippen LogP contribution >= 0.6 is 0 Å². The highest BCUT2D eigenvalue weighted by Gasteiger charge is 2.08. The van der Waals surface area contributed by atoms with Crippen molar-refractivity contribution in [1.82, 2.24) is 0 Å². The van der Waals surface area contributed by atoms with Crippen molar-refractivity contribution in [2.45, 2.75) is 34.1 Å². The van der Waals surface area contributed by atoms with Crippen molar-refractivity contribution >= 4 is 17.3 Å². The quantitative estimate of drug-likeness (QED) is 0.736. The minimum absolute atomic E-state index is 0.0517. The van der Waals surface area contributed by atoms with E-state index in [1.165, 1.54) is 0 Å². The van der Waals surface area contributed by atoms with Crippen LogP contribution in [0.3, 0.4) is 0 Å². The summed E-state index contributed by atoms with van der Waals surface area (Å²) in [5.41, 5.74) is 4.06. The van der Waals surface area contributed by atoms with Crippen LogP contribution in [0.5, 0.6) is 5.75 Å². The fourth-order valence-electron chi connectivity index (χ4n) is 2.50. The van der Waals surface area contributed by atoms with Gasteiger partial charge in [0.2, 0.25) is 5.91 Å². The van der Waals surface area contributed by atoms with E-state index in [0.29, 0.717) is 12.5 Å². The van der Waals surface area contributed by atoms with Gasteiger partial charge in [-0.15, -0.1) is 0 Å². The SMILES string of the molecule is CCc1cccc(C)c1NC(=O)CNc1ccc(OCC(C)C)cc1. The Balaban J connectivity index is 1.88. The van der Waals surface area contributed by atoms with Crippen molar-refractivity contribution in [2.75, 3.05) is 23.8 Å². The monoisotopic (exact) mass is 340 g/mol. The van der Waals surface area contributed by atoms with Crippen LogP contribution in [0.15, 0.2) is 42.5 Å². The molecule has 0 aliphatic carbocycles. The maximum Gasteiger partial charge on any atom is 0.243 e. The number of para-hydroxylation sites is 1. The number of rotatable bonds is 8. The second-order valence-electron chi connectivity index (χ2n) is 6.59. The van der Waals surface area contributed by atoms with Crippen LogP contribution in [-0.4, -0.2) is 19.1 Å². The molecule has 134 valence electrons. The van der Waals surface area contributed by atoms with Crippen molar-refractivity contribution in [2.24, 2.45) is 5.92 Å². The lowest BCUT2D eigenvalue weighted by Crippen LogP contribution is -2.22. The number of ether oxygens (including phenoxy) is 1. The second-order valence-corrected chi connectivity index (χ2v) is 6.59. The molecule has 0 heterocycles. The largest absolute Gasteiger partial charge is 0.493 e. The predicted octanol–water partition coefficient (Wildman–Crippen LogP) is 4.64. The third kappa shape index (κ3) is 5.82. The van der Waals surface area contributed by atoms with E-state index in [2.05, 4.69) is 31.4 Å². The van der Waals surface area contributed by atoms with Gasteiger partial charge in [-0.3, -0.25) is 4.79 Å². The highest BCUT2D eigenvalue weighted by Crippen LogP contribution is 2.21. The molecule has 0 atom stereocenters. The number of benzene rings is 2. The van der Waals surface area contributed by atoms with Crippen LogP contribution in [0.2, 0.25) is 0 Å². The molecule has 2 N–H and O–H groups in total. The van der Waals surface area contributed by atoms with Gasteiger partial charge in [0.25, 0.3) is 0 Å². The Hall–Kier alpha value is -2.49. The van der Waals surface area contributed by atoms with Crippen LogP contribution < -0.4 is 15.4 Å². The predicted molar refractivity (Wildman–Crippen MR) is 104 cm³/mol. The molecule has 0 spiro atoms. The Morgan fingerprint density at radius 2 is 1.84 bits per heavy atom. The molecule has 0 aliphatic rings. The van der Waals surface area contributed by atoms with Gasteiger partial charge in [0, 0.05) is 11.4 Å². The van der Waals surface area contributed by atoms with E-state index in [9.17, 15) is 4.79 Å². The molecular formula is C21H28N2O2. The standard InChI is InChI=1S/C21H28N2O2/c1-5-17-8-6-7-16(4)21(17)23-20(24)13-22-18-9-11-19(12-10-18)25-14-15(2)3/h6-12,15,22H,5,13-14H2,1-4H3,(H,23,24). The molecule has 2 aromatic carbocycles. The van der Waals surface area contributed by atoms with Gasteiger partial charge in [-0.05, 0) is 54.7 Å². The Kier molecular flexibility index (Phi) is 6.87. The topological polar surface area (TPSA) is 50.4 Å². The molecule has 2 aromatic rings. The number of carbonyl (C=O) groups is 1. The Morgan fingerprint density at radius 1 is 1.12 bits per heavy atom. The summed E-state index contributed by atoms with van der Waals surface area (Å²) < 4.78 is 5.66. The van der Waals surface area contributed by atoms with Crippen LogP contribution in [0.4, 0.5) is 11.4 Å². The van der Waals surface area contributed by atoms with Crippen molar-refractivity contribution < 1.29 is 9.53 Å². The maximum absolute atomic E-state index is 12.3. The molecule has 0 unspecified atom stereocenters. The number of anilines is 2. The number of nitrogens with one attached hydrogen (secondary N) is 2. The van der Waals surface area contributed by atoms with Crippen LogP contribution in [-0.2, 0) is 11.2 Å². The summed E-state index contributed by atoms with van der Waals surface area (Å²) in [7, 11) is 0. The first-order chi connectivity index (χ1) is 12.0. The molecule has 0 saturated carbocycles. The zero-order chi connectivity index (χ0) is 18.2. The van der Waals surface area contributed by atoms with Crippen molar-refractivity contribution in [3.63, 3.8) is 0 Å². The average Bonchev–Trinajstić information content (AvgIpc) is 2.60. The van der Waals surface area contributed by atoms with Gasteiger partial charge >= 0.3 is 0 Å². The minimum Gasteiger partial charge on any atom is -0.493 e. The van der Waals surface area contributed by atoms with E-state index in [0.717, 1.165) is 34.7 Å². The molecule has 0 fully saturated rings. The van der Waals surface area contributed by atoms with Crippen molar-refractivity contribution in [3.05, 3.63) is 53.6 Å². The fourth-order valence-corrected chi connectivity index (χ4v) is 2.50. The molecule has 0 bridgehead atoms. The summed E-state index contributed by atoms with van der Waals surface area (Å²) in [5, 5.41) is 6.16. The van der Waals surface area contributed by atoms with E-state index < -0.39 is 0 Å². The van der Waals surface area contributed by atoms with Gasteiger partial charge in [-0.25, -0.2) is 0 Å². The second kappa shape index (κ2) is 9.11. The molecule has 0 aromatic heterocycles. The molecule has 0 aliphatic heterocycles. The Bertz CT molecular complexity index is 694. The van der Waals surface area contributed by atoms with Gasteiger partial charge < -0.3 is 15.4 Å². The smallest absolute Gasteiger partial charge is 0.243 e. The number of hydrogen-bond acceptors (Lipinski definition) is 3. The van der Waals surface area contributed by atoms with E-state index in [-0.39, 0.29) is 12.5 Å². The number of carbonyl (C=O) groups excluding carboxylic acids is 1. The lowest BCUT2D eigenvalue weighted by Gasteiger charge is -2.14. The summed E-state index contributed by atoms with van der Waals surface area (Å²) >= 11 is 0. The number of hydrogen-bond donors (Lipinski definition) is 2. The van der Waals surface area contributed by atoms with Gasteiger partial charge in [0.15, 0.2) is 0 Å². The Morgan fingerprint density at radius 3 is 2.48 bits per heavy atom. The molecule has 0 saturated heterocycles. The number of aryl methyl sites for hydroxylation is 2. The van der Waals surface area contributed by atoms with Crippen LogP contribution in [0.25, 0.3) is 0 Å². The summed E-state index contributed by atoms with van der Waals surface area (Å²) in [6, 6.07) is 13.8. The van der Waals surface area contributed by atoms with Gasteiger partial charge in [-0.1, -0.05) is 39.0 Å². The average molecular weight is 340 g/mol. The fraction of sp³-hybridized carbons (Fsp3) is 0.381. The van der Waals surface area contributed by atoms with Gasteiger partial charge in [0.05, 0.1) is 13.2 Å². The van der Waals surface area contributed by atoms with Crippen molar-refractivity contribution in [1.29, 1.82) is 0 Å². The summed E-state index contributed by atoms with van der Waals surface area (Å²) in [6.45, 7) is 9.26. The third-order valence-corrected chi connectivity index (χ3v) is 3.90. The maximum atomic E-state index is 12.3. The van der Waals surface area contributed by atoms with Crippen molar-refractivity contribution in [3.8, 4) is 5.75 Å². The zero-order valence-electron chi connectivity index (χ0n) is 15.6. The molecular weight excluding hydrogens is 312 g/mol. The van der Waals surface area contributed by atoms with E-state index in [1.807, 2.05) is 49.4 Å². The highest BCUT2D eigenvalue weighted by molar-refractivity contribution is 5.95. The summed E-state index contributed by atoms with van der Waals surface area (Å²) in [5.74, 6) is 1.29. The summed E-state index contributed by atoms with van der Waals surface area (Å²) in [6.07, 6.45) is 0.891. The summed E-state index contributed by atoms with van der Waals surface area (Å²) in [4.78, 5) is 12.3. The molecule has 2 rings (SSSR count). The highest BCUT2D eigenvalue weighted by atomic mass is 16.5. The first-order valence-corrected chi connectivity index (χ1v) is 8.84. The Labute approximate surface area is 150 Å². The van der Waals surface area contributed by atoms with E-state index >= 15 is 0 Å². The first-order valence-electron chi connectivity index (χ1n) is 8.84. The molecule has 4 heteroatoms. The van der Waals surface area contributed by atoms with Gasteiger partial charge in [-0.2, -0.15) is 0 Å². The molecule has 4 nitrogen and oxygen atoms in total. The molecule has 1 amide bonds. The normalized spacial score (nSPS) is 10.6. The minimum atomic E-state index is -0.0517. The van der Waals surface area contributed by atoms with Crippen LogP contribution in [0.1, 0.15) is 31.9 Å². The lowest BCUT2D eigenvalue weighted by atomic mass is 10.1. The van der Waals surface area contributed by atoms with E-state index in [4.69, 9.17) is 4.74 Å². The lowest BCUT2D eigenvalue weighted by molar-refractivity contribution is -0.114.